The van der Waals surface area contributed by atoms with Gasteiger partial charge >= 0.3 is 29.8 Å². The van der Waals surface area contributed by atoms with Crippen LogP contribution in [0.3, 0.4) is 0 Å². The van der Waals surface area contributed by atoms with Crippen molar-refractivity contribution in [3.8, 4) is 0 Å². The highest BCUT2D eigenvalue weighted by Crippen LogP contribution is 2.63. The molecule has 4 aliphatic heterocycles. The Morgan fingerprint density at radius 1 is 0.777 bits per heavy atom. The Hall–Kier alpha value is -6.80. The summed E-state index contributed by atoms with van der Waals surface area (Å²) in [4.78, 5) is 142. The number of amides is 1. The molecule has 4 fully saturated rings. The smallest absolute Gasteiger partial charge is 0.342 e. The molecule has 21 atom stereocenters. The van der Waals surface area contributed by atoms with Gasteiger partial charge in [0.2, 0.25) is 11.6 Å². The predicted molar refractivity (Wildman–Crippen MR) is 372 cm³/mol. The summed E-state index contributed by atoms with van der Waals surface area (Å²) in [5, 5.41) is 23.8. The summed E-state index contributed by atoms with van der Waals surface area (Å²) < 4.78 is 65.7. The van der Waals surface area contributed by atoms with Gasteiger partial charge in [-0.1, -0.05) is 78.0 Å². The number of hydrogen-bond acceptors (Lipinski definition) is 23. The molecule has 0 aromatic carbocycles. The van der Waals surface area contributed by atoms with Gasteiger partial charge in [0.05, 0.1) is 30.3 Å². The quantitative estimate of drug-likeness (QED) is 0.0714. The molecule has 2 saturated carbocycles. The van der Waals surface area contributed by atoms with E-state index in [0.717, 1.165) is 10.5 Å². The maximum atomic E-state index is 14.8. The second-order valence-corrected chi connectivity index (χ2v) is 30.9. The summed E-state index contributed by atoms with van der Waals surface area (Å²) in [6.07, 6.45) is 8.84. The van der Waals surface area contributed by atoms with Gasteiger partial charge in [0.25, 0.3) is 11.7 Å². The summed E-state index contributed by atoms with van der Waals surface area (Å²) in [5.74, 6) is -12.2. The third-order valence-electron chi connectivity index (χ3n) is 23.7. The number of esters is 5. The fraction of sp³-hybridized carbons (Fsp3) is 0.696. The van der Waals surface area contributed by atoms with Crippen LogP contribution in [0, 0.1) is 46.8 Å². The largest absolute Gasteiger partial charge is 0.462 e. The zero-order chi connectivity index (χ0) is 75.2. The molecule has 0 spiro atoms. The van der Waals surface area contributed by atoms with Crippen molar-refractivity contribution in [1.82, 2.24) is 4.90 Å². The number of nitrogens with zero attached hydrogens (tertiary/aromatic N) is 1. The van der Waals surface area contributed by atoms with E-state index in [1.54, 1.807) is 40.9 Å². The maximum Gasteiger partial charge on any atom is 0.342 e. The number of piperidine rings is 1. The average Bonchev–Trinajstić information content (AvgIpc) is 1.63. The van der Waals surface area contributed by atoms with Gasteiger partial charge in [0.1, 0.15) is 66.4 Å². The fourth-order valence-corrected chi connectivity index (χ4v) is 17.7. The van der Waals surface area contributed by atoms with Crippen LogP contribution in [0.15, 0.2) is 69.4 Å². The van der Waals surface area contributed by atoms with Crippen LogP contribution >= 0.6 is 0 Å². The molecule has 24 heteroatoms. The van der Waals surface area contributed by atoms with Crippen LogP contribution in [-0.4, -0.2) is 188 Å². The number of rotatable bonds is 15. The normalized spacial score (nSPS) is 37.9. The molecule has 1 unspecified atom stereocenters. The molecule has 1 aromatic rings. The van der Waals surface area contributed by atoms with E-state index >= 15 is 0 Å². The van der Waals surface area contributed by atoms with Crippen LogP contribution in [0.25, 0.3) is 0 Å². The molecule has 1 amide bonds. The lowest BCUT2D eigenvalue weighted by Gasteiger charge is -2.52. The number of carbonyl (C=O) groups is 10. The number of aliphatic hydroxyl groups excluding tert-OH is 1. The summed E-state index contributed by atoms with van der Waals surface area (Å²) in [7, 11) is 5.91. The molecule has 1 aromatic heterocycles. The van der Waals surface area contributed by atoms with E-state index in [0.29, 0.717) is 92.9 Å². The SMILES string of the molecule is COC[C@H]1OC(=O)c2coc3c2[C@@]1(C)C1=C(C3=O)C2CC[C@H](OC(=O)CCCC(=O)O[C@@H]3CC[C@@H](C[C@@H](C)[C@@H]4CC(=O)[C@H](C)/C=C(\C)[C@@H](O)[C@@H](OC)C(=O)[C@H](C)C[C@H](C)/C=C/C=C/C=C(\C)[C@@H](OC)C[C@@H]5CC[C@@H](C)[C@@](O)(O5)C(=O)C(=O)N5CCCC[C@H]5C(=O)O4)C[C@H]3OC)[C@@]2(C)C[C@H]1OC(C)=O. The molecule has 103 heavy (non-hydrogen) atoms. The Labute approximate surface area is 604 Å². The molecular weight excluding hydrogens is 1330 g/mol. The Morgan fingerprint density at radius 2 is 1.50 bits per heavy atom. The molecule has 568 valence electrons. The van der Waals surface area contributed by atoms with Crippen molar-refractivity contribution < 1.29 is 110 Å². The van der Waals surface area contributed by atoms with Crippen molar-refractivity contribution in [1.29, 1.82) is 0 Å². The highest BCUT2D eigenvalue weighted by Gasteiger charge is 2.65. The fourth-order valence-electron chi connectivity index (χ4n) is 17.7. The monoisotopic (exact) mass is 1440 g/mol. The second kappa shape index (κ2) is 34.2. The first kappa shape index (κ1) is 80.3. The average molecular weight is 1440 g/mol. The van der Waals surface area contributed by atoms with Crippen LogP contribution in [0.1, 0.15) is 211 Å². The number of fused-ring (bicyclic) bond motifs is 6. The lowest BCUT2D eigenvalue weighted by Crippen LogP contribution is -2.61. The Balaban J connectivity index is 0.859. The van der Waals surface area contributed by atoms with E-state index in [9.17, 15) is 58.2 Å². The van der Waals surface area contributed by atoms with Crippen LogP contribution in [-0.2, 0) is 91.1 Å². The van der Waals surface area contributed by atoms with Crippen molar-refractivity contribution in [2.75, 3.05) is 41.6 Å². The molecule has 5 heterocycles. The number of Topliss-reactive ketones (excluding diaryl/α,β-unsaturated/α-hetero) is 4. The number of ketones is 4. The van der Waals surface area contributed by atoms with Crippen LogP contribution in [0.2, 0.25) is 0 Å². The Morgan fingerprint density at radius 3 is 2.19 bits per heavy atom. The van der Waals surface area contributed by atoms with Crippen LogP contribution in [0.5, 0.6) is 0 Å². The third kappa shape index (κ3) is 17.2. The standard InChI is InChI=1S/C79H109NO23/c1-42-21-16-15-17-22-43(2)57(94-12)37-51-28-26-48(7)79(92,103-51)73(88)74(89)80-32-19-18-23-54(80)76(91)100-58(38-55(82)44(3)34-47(6)69(86)72(96-14)68(85)46(5)33-42)45(4)35-50-27-30-56(59(36-50)95-13)99-63(83)24-20-25-64(84)101-61-31-29-53-65-67(60(98-49(8)81)39-77(53,61)9)78(10)62(41-93-11)102-75(90)52-40-97-71(66(52)78)70(65)87/h15-17,21-22,34,40,42,44-46,48,50-51,53-54,56-62,69,72,86,92H,18-20,23-33,35-39,41H2,1-14H3/b17-15+,21-16+,43-22+,47-34+/t42-,44-,45-,46-,48-,50+,51+,53?,54+,56-,57+,58+,59-,60-,61+,62-,69-,72+,77+,78+,79-/m1/s1. The number of methoxy groups -OCH3 is 4. The molecule has 8 aliphatic rings. The van der Waals surface area contributed by atoms with E-state index in [1.165, 1.54) is 34.5 Å². The number of hydrogen-bond donors (Lipinski definition) is 2. The second-order valence-electron chi connectivity index (χ2n) is 30.9. The predicted octanol–water partition coefficient (Wildman–Crippen LogP) is 9.79. The number of furan rings is 1. The highest BCUT2D eigenvalue weighted by atomic mass is 16.6. The summed E-state index contributed by atoms with van der Waals surface area (Å²) >= 11 is 0. The number of carbonyl (C=O) groups excluding carboxylic acids is 10. The lowest BCUT2D eigenvalue weighted by atomic mass is 9.54. The van der Waals surface area contributed by atoms with Crippen molar-refractivity contribution in [2.45, 2.75) is 263 Å². The van der Waals surface area contributed by atoms with Crippen molar-refractivity contribution in [3.05, 3.63) is 81.9 Å². The first-order chi connectivity index (χ1) is 48.8. The van der Waals surface area contributed by atoms with Crippen molar-refractivity contribution >= 4 is 58.9 Å². The van der Waals surface area contributed by atoms with Crippen LogP contribution in [0.4, 0.5) is 0 Å². The van der Waals surface area contributed by atoms with Gasteiger partial charge in [-0.15, -0.1) is 0 Å². The Bertz CT molecular complexity index is 3500. The molecule has 24 nitrogen and oxygen atoms in total. The Kier molecular flexibility index (Phi) is 26.7. The number of ether oxygens (including phenoxy) is 10. The highest BCUT2D eigenvalue weighted by molar-refractivity contribution is 6.39. The van der Waals surface area contributed by atoms with Crippen molar-refractivity contribution in [3.63, 3.8) is 0 Å². The first-order valence-corrected chi connectivity index (χ1v) is 37.0. The zero-order valence-corrected chi connectivity index (χ0v) is 62.5. The summed E-state index contributed by atoms with van der Waals surface area (Å²) in [5.41, 5.74) is 0.542. The third-order valence-corrected chi connectivity index (χ3v) is 23.7. The number of cyclic esters (lactones) is 2. The first-order valence-electron chi connectivity index (χ1n) is 37.0. The number of aliphatic hydroxyl groups is 2. The van der Waals surface area contributed by atoms with E-state index < -0.39 is 161 Å². The minimum Gasteiger partial charge on any atom is -0.462 e. The summed E-state index contributed by atoms with van der Waals surface area (Å²) in [6.45, 7) is 17.5. The topological polar surface area (TPSA) is 320 Å². The van der Waals surface area contributed by atoms with Gasteiger partial charge in [0.15, 0.2) is 11.5 Å². The van der Waals surface area contributed by atoms with Gasteiger partial charge < -0.3 is 66.9 Å². The molecule has 2 N–H and O–H groups in total. The van der Waals surface area contributed by atoms with E-state index in [4.69, 9.17) is 51.8 Å². The zero-order valence-electron chi connectivity index (χ0n) is 62.5. The molecule has 9 rings (SSSR count). The molecule has 2 saturated heterocycles. The van der Waals surface area contributed by atoms with Gasteiger partial charge in [0, 0.05) is 102 Å². The van der Waals surface area contributed by atoms with Gasteiger partial charge in [-0.3, -0.25) is 38.4 Å². The van der Waals surface area contributed by atoms with E-state index in [-0.39, 0.29) is 92.8 Å². The van der Waals surface area contributed by atoms with Gasteiger partial charge in [-0.2, -0.15) is 0 Å². The van der Waals surface area contributed by atoms with Crippen molar-refractivity contribution in [2.24, 2.45) is 46.8 Å². The lowest BCUT2D eigenvalue weighted by molar-refractivity contribution is -0.265. The van der Waals surface area contributed by atoms with Crippen LogP contribution < -0.4 is 0 Å². The van der Waals surface area contributed by atoms with E-state index in [2.05, 4.69) is 0 Å². The maximum absolute atomic E-state index is 14.8. The van der Waals surface area contributed by atoms with Gasteiger partial charge in [-0.05, 0) is 151 Å². The molecule has 4 aliphatic carbocycles. The number of allylic oxidation sites excluding steroid dienone is 7. The molecule has 0 radical (unpaired) electrons. The minimum absolute atomic E-state index is 0.0107. The minimum atomic E-state index is -2.50. The molecule has 2 bridgehead atoms. The van der Waals surface area contributed by atoms with Gasteiger partial charge in [-0.25, -0.2) is 9.59 Å². The summed E-state index contributed by atoms with van der Waals surface area (Å²) in [6, 6.07) is -1.24. The molecular formula is C79H109NO23. The van der Waals surface area contributed by atoms with E-state index in [1.807, 2.05) is 65.0 Å².